The normalized spacial score (nSPS) is 17.9. The minimum atomic E-state index is 0.387. The fraction of sp³-hybridized carbons (Fsp3) is 0.231. The molecule has 7 rings (SSSR count). The number of hydrogen-bond donors (Lipinski definition) is 2. The molecule has 1 atom stereocenters. The van der Waals surface area contributed by atoms with E-state index < -0.39 is 0 Å². The van der Waals surface area contributed by atoms with Crippen molar-refractivity contribution in [1.29, 1.82) is 0 Å². The minimum absolute atomic E-state index is 0.387. The Bertz CT molecular complexity index is 1470. The van der Waals surface area contributed by atoms with E-state index >= 15 is 0 Å². The van der Waals surface area contributed by atoms with Gasteiger partial charge in [0.1, 0.15) is 12.3 Å². The lowest BCUT2D eigenvalue weighted by atomic mass is 9.99. The van der Waals surface area contributed by atoms with Crippen LogP contribution in [0.5, 0.6) is 5.75 Å². The van der Waals surface area contributed by atoms with Crippen LogP contribution >= 0.6 is 0 Å². The second-order valence-electron chi connectivity index (χ2n) is 8.69. The lowest BCUT2D eigenvalue weighted by Crippen LogP contribution is -2.46. The molecule has 1 unspecified atom stereocenters. The molecule has 0 radical (unpaired) electrons. The SMILES string of the molecule is c1cc(-c2nc(-c3cccc4[nH]ccc34)c3c(n2)N2CCCCC2CO3)c2cc[nH]c2c1. The Kier molecular flexibility index (Phi) is 3.82. The van der Waals surface area contributed by atoms with Crippen LogP contribution in [-0.4, -0.2) is 39.1 Å². The van der Waals surface area contributed by atoms with E-state index in [0.29, 0.717) is 12.6 Å². The number of piperidine rings is 1. The van der Waals surface area contributed by atoms with Crippen LogP contribution in [0.1, 0.15) is 19.3 Å². The van der Waals surface area contributed by atoms with Gasteiger partial charge in [-0.3, -0.25) is 0 Å². The highest BCUT2D eigenvalue weighted by atomic mass is 16.5. The molecule has 0 spiro atoms. The number of H-pyrrole nitrogens is 2. The Morgan fingerprint density at radius 2 is 1.59 bits per heavy atom. The van der Waals surface area contributed by atoms with Gasteiger partial charge in [-0.25, -0.2) is 9.97 Å². The van der Waals surface area contributed by atoms with Crippen LogP contribution in [0.4, 0.5) is 5.82 Å². The summed E-state index contributed by atoms with van der Waals surface area (Å²) in [6.07, 6.45) is 7.53. The Morgan fingerprint density at radius 1 is 0.844 bits per heavy atom. The molecule has 0 bridgehead atoms. The van der Waals surface area contributed by atoms with E-state index in [1.54, 1.807) is 0 Å². The summed E-state index contributed by atoms with van der Waals surface area (Å²) in [6.45, 7) is 1.71. The van der Waals surface area contributed by atoms with Gasteiger partial charge < -0.3 is 19.6 Å². The monoisotopic (exact) mass is 421 g/mol. The van der Waals surface area contributed by atoms with Crippen LogP contribution in [0.3, 0.4) is 0 Å². The number of nitrogens with zero attached hydrogens (tertiary/aromatic N) is 3. The number of nitrogens with one attached hydrogen (secondary N) is 2. The molecule has 2 aromatic carbocycles. The van der Waals surface area contributed by atoms with Gasteiger partial charge in [0.25, 0.3) is 0 Å². The molecule has 2 aliphatic rings. The lowest BCUT2D eigenvalue weighted by Gasteiger charge is -2.41. The molecule has 1 saturated heterocycles. The van der Waals surface area contributed by atoms with Gasteiger partial charge in [-0.1, -0.05) is 24.3 Å². The molecule has 2 N–H and O–H groups in total. The van der Waals surface area contributed by atoms with Gasteiger partial charge in [-0.2, -0.15) is 0 Å². The van der Waals surface area contributed by atoms with E-state index in [9.17, 15) is 0 Å². The van der Waals surface area contributed by atoms with Crippen molar-refractivity contribution in [1.82, 2.24) is 19.9 Å². The molecule has 32 heavy (non-hydrogen) atoms. The smallest absolute Gasteiger partial charge is 0.188 e. The van der Waals surface area contributed by atoms with Gasteiger partial charge in [0.15, 0.2) is 17.4 Å². The number of rotatable bonds is 2. The summed E-state index contributed by atoms with van der Waals surface area (Å²) >= 11 is 0. The van der Waals surface area contributed by atoms with E-state index in [1.807, 2.05) is 12.4 Å². The number of benzene rings is 2. The molecule has 3 aromatic heterocycles. The Morgan fingerprint density at radius 3 is 2.41 bits per heavy atom. The predicted molar refractivity (Wildman–Crippen MR) is 127 cm³/mol. The quantitative estimate of drug-likeness (QED) is 0.393. The first-order valence-corrected chi connectivity index (χ1v) is 11.3. The number of anilines is 1. The average molecular weight is 422 g/mol. The van der Waals surface area contributed by atoms with E-state index in [-0.39, 0.29) is 0 Å². The van der Waals surface area contributed by atoms with Gasteiger partial charge in [0.05, 0.1) is 6.04 Å². The molecular weight excluding hydrogens is 398 g/mol. The Hall–Kier alpha value is -3.80. The second-order valence-corrected chi connectivity index (χ2v) is 8.69. The molecule has 0 amide bonds. The van der Waals surface area contributed by atoms with Crippen LogP contribution in [0.2, 0.25) is 0 Å². The summed E-state index contributed by atoms with van der Waals surface area (Å²) < 4.78 is 6.38. The predicted octanol–water partition coefficient (Wildman–Crippen LogP) is 5.52. The van der Waals surface area contributed by atoms with E-state index in [2.05, 4.69) is 63.4 Å². The third kappa shape index (κ3) is 2.59. The van der Waals surface area contributed by atoms with Gasteiger partial charge in [-0.05, 0) is 43.5 Å². The summed E-state index contributed by atoms with van der Waals surface area (Å²) in [4.78, 5) is 19.3. The number of hydrogen-bond acceptors (Lipinski definition) is 4. The van der Waals surface area contributed by atoms with Crippen molar-refractivity contribution < 1.29 is 4.74 Å². The van der Waals surface area contributed by atoms with Gasteiger partial charge in [0.2, 0.25) is 0 Å². The highest BCUT2D eigenvalue weighted by Crippen LogP contribution is 2.44. The van der Waals surface area contributed by atoms with Crippen molar-refractivity contribution >= 4 is 27.6 Å². The third-order valence-corrected chi connectivity index (χ3v) is 6.85. The zero-order valence-electron chi connectivity index (χ0n) is 17.6. The van der Waals surface area contributed by atoms with Crippen LogP contribution < -0.4 is 9.64 Å². The standard InChI is InChI=1S/C26H23N5O/c1-2-14-31-16(5-1)15-32-24-23(19-6-3-8-21-17(19)10-12-27-21)29-25(30-26(24)31)20-7-4-9-22-18(20)11-13-28-22/h3-4,6-13,16,27-28H,1-2,5,14-15H2. The van der Waals surface area contributed by atoms with Crippen molar-refractivity contribution in [3.63, 3.8) is 0 Å². The summed E-state index contributed by atoms with van der Waals surface area (Å²) in [5, 5.41) is 2.27. The molecule has 2 aliphatic heterocycles. The lowest BCUT2D eigenvalue weighted by molar-refractivity contribution is 0.238. The van der Waals surface area contributed by atoms with Crippen molar-refractivity contribution in [2.75, 3.05) is 18.1 Å². The van der Waals surface area contributed by atoms with Crippen molar-refractivity contribution in [2.24, 2.45) is 0 Å². The van der Waals surface area contributed by atoms with Gasteiger partial charge in [-0.15, -0.1) is 0 Å². The number of aromatic amines is 2. The maximum atomic E-state index is 6.38. The van der Waals surface area contributed by atoms with Crippen LogP contribution in [0, 0.1) is 0 Å². The van der Waals surface area contributed by atoms with Gasteiger partial charge in [0, 0.05) is 51.9 Å². The molecular formula is C26H23N5O. The number of aromatic nitrogens is 4. The van der Waals surface area contributed by atoms with Crippen molar-refractivity contribution in [2.45, 2.75) is 25.3 Å². The van der Waals surface area contributed by atoms with Gasteiger partial charge >= 0.3 is 0 Å². The number of fused-ring (bicyclic) bond motifs is 5. The van der Waals surface area contributed by atoms with Crippen molar-refractivity contribution in [3.05, 3.63) is 60.9 Å². The largest absolute Gasteiger partial charge is 0.485 e. The first-order chi connectivity index (χ1) is 15.9. The van der Waals surface area contributed by atoms with Crippen molar-refractivity contribution in [3.8, 4) is 28.4 Å². The van der Waals surface area contributed by atoms with Crippen LogP contribution in [0.15, 0.2) is 60.9 Å². The highest BCUT2D eigenvalue weighted by Gasteiger charge is 2.34. The molecule has 0 saturated carbocycles. The molecule has 0 aliphatic carbocycles. The molecule has 5 heterocycles. The molecule has 1 fully saturated rings. The molecule has 158 valence electrons. The Labute approximate surface area is 185 Å². The summed E-state index contributed by atoms with van der Waals surface area (Å²) in [5.41, 5.74) is 5.15. The zero-order valence-corrected chi connectivity index (χ0v) is 17.6. The highest BCUT2D eigenvalue weighted by molar-refractivity contribution is 5.98. The summed E-state index contributed by atoms with van der Waals surface area (Å²) in [6, 6.07) is 17.1. The first kappa shape index (κ1) is 17.8. The summed E-state index contributed by atoms with van der Waals surface area (Å²) in [5.74, 6) is 2.48. The number of ether oxygens (including phenoxy) is 1. The Balaban J connectivity index is 1.53. The maximum Gasteiger partial charge on any atom is 0.188 e. The molecule has 6 nitrogen and oxygen atoms in total. The maximum absolute atomic E-state index is 6.38. The second kappa shape index (κ2) is 6.85. The fourth-order valence-electron chi connectivity index (χ4n) is 5.27. The third-order valence-electron chi connectivity index (χ3n) is 6.85. The van der Waals surface area contributed by atoms with Crippen LogP contribution in [-0.2, 0) is 0 Å². The topological polar surface area (TPSA) is 69.8 Å². The first-order valence-electron chi connectivity index (χ1n) is 11.3. The molecule has 6 heteroatoms. The molecule has 5 aromatic rings. The zero-order chi connectivity index (χ0) is 21.1. The average Bonchev–Trinajstić information content (AvgIpc) is 3.52. The van der Waals surface area contributed by atoms with E-state index in [4.69, 9.17) is 14.7 Å². The van der Waals surface area contributed by atoms with E-state index in [0.717, 1.165) is 69.0 Å². The minimum Gasteiger partial charge on any atom is -0.485 e. The summed E-state index contributed by atoms with van der Waals surface area (Å²) in [7, 11) is 0. The van der Waals surface area contributed by atoms with E-state index in [1.165, 1.54) is 12.8 Å². The van der Waals surface area contributed by atoms with Crippen LogP contribution in [0.25, 0.3) is 44.5 Å². The fourth-order valence-corrected chi connectivity index (χ4v) is 5.27.